The fraction of sp³-hybridized carbons (Fsp3) is 0.435. The molecule has 18 nitrogen and oxygen atoms in total. The number of carbonyl (C=O) groups excluding carboxylic acids is 5. The summed E-state index contributed by atoms with van der Waals surface area (Å²) in [6, 6.07) is 26.2. The molecular formula is C62H72N10O8SSi. The van der Waals surface area contributed by atoms with E-state index in [-0.39, 0.29) is 60.5 Å². The van der Waals surface area contributed by atoms with E-state index >= 15 is 0 Å². The van der Waals surface area contributed by atoms with Crippen molar-refractivity contribution in [3.8, 4) is 16.9 Å². The second-order valence-electron chi connectivity index (χ2n) is 24.7. The number of hydrogen-bond donors (Lipinski definition) is 2. The maximum Gasteiger partial charge on any atom is 0.358 e. The SMILES string of the molecule is Cc1c(OC2CC3(CCN(CC(=O)Nc4ccc5c(C6CCC(=O)NC6=O)nn(C)c5c4)CC3)C2)cccc1-c1ccc(N2CCc3ccnc(C(=O)N(COCC[Si](C)(C)C)c4nc5ccccc5s4)c3C2)nc1C(=O)OC(C)(C)C. The molecule has 4 amide bonds. The quantitative estimate of drug-likeness (QED) is 0.0304. The highest BCUT2D eigenvalue weighted by Crippen LogP contribution is 2.51. The lowest BCUT2D eigenvalue weighted by Crippen LogP contribution is -2.51. The molecule has 2 saturated heterocycles. The van der Waals surface area contributed by atoms with Gasteiger partial charge in [0.25, 0.3) is 5.91 Å². The Hall–Kier alpha value is -7.39. The van der Waals surface area contributed by atoms with Gasteiger partial charge in [-0.05, 0) is 162 Å². The zero-order chi connectivity index (χ0) is 57.7. The van der Waals surface area contributed by atoms with Crippen molar-refractivity contribution in [3.05, 3.63) is 119 Å². The molecular weight excluding hydrogens is 1070 g/mol. The van der Waals surface area contributed by atoms with Crippen LogP contribution in [0.4, 0.5) is 16.6 Å². The lowest BCUT2D eigenvalue weighted by Gasteiger charge is -2.51. The molecule has 3 aromatic carbocycles. The van der Waals surface area contributed by atoms with Gasteiger partial charge in [-0.3, -0.25) is 44.0 Å². The fourth-order valence-corrected chi connectivity index (χ4v) is 13.5. The Morgan fingerprint density at radius 3 is 2.46 bits per heavy atom. The highest BCUT2D eigenvalue weighted by atomic mass is 32.1. The zero-order valence-corrected chi connectivity index (χ0v) is 49.9. The van der Waals surface area contributed by atoms with Crippen molar-refractivity contribution in [2.45, 2.75) is 122 Å². The minimum atomic E-state index is -1.39. The van der Waals surface area contributed by atoms with Gasteiger partial charge in [-0.1, -0.05) is 55.2 Å². The van der Waals surface area contributed by atoms with Crippen molar-refractivity contribution < 1.29 is 38.2 Å². The lowest BCUT2D eigenvalue weighted by molar-refractivity contribution is -0.134. The van der Waals surface area contributed by atoms with Crippen LogP contribution in [0.3, 0.4) is 0 Å². The summed E-state index contributed by atoms with van der Waals surface area (Å²) in [5, 5.41) is 11.5. The molecule has 1 unspecified atom stereocenters. The largest absolute Gasteiger partial charge is 0.490 e. The molecule has 82 heavy (non-hydrogen) atoms. The summed E-state index contributed by atoms with van der Waals surface area (Å²) in [5.74, 6) is -0.685. The van der Waals surface area contributed by atoms with Gasteiger partial charge in [-0.2, -0.15) is 5.10 Å². The Kier molecular flexibility index (Phi) is 15.7. The van der Waals surface area contributed by atoms with E-state index in [1.807, 2.05) is 114 Å². The number of ether oxygens (including phenoxy) is 3. The minimum absolute atomic E-state index is 0.0241. The lowest BCUT2D eigenvalue weighted by atomic mass is 9.61. The van der Waals surface area contributed by atoms with Crippen LogP contribution >= 0.6 is 11.3 Å². The molecule has 0 bridgehead atoms. The maximum absolute atomic E-state index is 14.8. The molecule has 0 radical (unpaired) electrons. The van der Waals surface area contributed by atoms with Gasteiger partial charge in [0.15, 0.2) is 10.8 Å². The van der Waals surface area contributed by atoms with Crippen LogP contribution in [0.25, 0.3) is 32.2 Å². The molecule has 7 aromatic rings. The number of imide groups is 1. The van der Waals surface area contributed by atoms with Crippen molar-refractivity contribution in [1.82, 2.24) is 34.9 Å². The molecule has 2 N–H and O–H groups in total. The number of fused-ring (bicyclic) bond motifs is 3. The number of rotatable bonds is 16. The molecule has 20 heteroatoms. The number of para-hydroxylation sites is 1. The number of likely N-dealkylation sites (tertiary alicyclic amines) is 1. The summed E-state index contributed by atoms with van der Waals surface area (Å²) in [5.41, 5.74) is 6.96. The number of nitrogens with one attached hydrogen (secondary N) is 2. The second-order valence-corrected chi connectivity index (χ2v) is 31.4. The van der Waals surface area contributed by atoms with E-state index in [2.05, 4.69) is 45.2 Å². The number of aromatic nitrogens is 5. The molecule has 3 aliphatic heterocycles. The van der Waals surface area contributed by atoms with Crippen LogP contribution in [-0.4, -0.2) is 119 Å². The molecule has 1 spiro atoms. The Bertz CT molecular complexity index is 3590. The molecule has 11 rings (SSSR count). The molecule has 4 aliphatic rings. The van der Waals surface area contributed by atoms with Crippen LogP contribution in [0.5, 0.6) is 5.75 Å². The standard InChI is InChI=1S/C62H72N10O8SSi/c1-38-42(12-11-14-49(38)79-41-33-62(34-41)24-28-70(29-25-62)36-53(74)64-40-16-17-44-48(32-40)69(5)68-54(44)45-19-21-52(73)67-57(45)75)43-18-20-51(66-56(43)59(77)80-61(2,3)4)71-27-23-39-22-26-63-55(46(39)35-71)58(76)72(37-78-30-31-82(6,7)8)60-65-47-13-9-10-15-50(47)81-60/h9-18,20,22,26,32,41,45H,19,21,23-25,27-31,33-37H2,1-8H3,(H,64,74)(H,67,73,75). The predicted molar refractivity (Wildman–Crippen MR) is 320 cm³/mol. The third kappa shape index (κ3) is 12.2. The number of hydrogen-bond acceptors (Lipinski definition) is 15. The van der Waals surface area contributed by atoms with Gasteiger partial charge >= 0.3 is 5.97 Å². The van der Waals surface area contributed by atoms with E-state index in [0.717, 1.165) is 93.9 Å². The van der Waals surface area contributed by atoms with Crippen LogP contribution in [0.2, 0.25) is 25.7 Å². The summed E-state index contributed by atoms with van der Waals surface area (Å²) in [7, 11) is 0.422. The highest BCUT2D eigenvalue weighted by molar-refractivity contribution is 7.22. The van der Waals surface area contributed by atoms with Gasteiger partial charge in [0.1, 0.15) is 29.6 Å². The first-order chi connectivity index (χ1) is 39.2. The molecule has 3 fully saturated rings. The molecule has 4 aromatic heterocycles. The number of benzene rings is 3. The van der Waals surface area contributed by atoms with Gasteiger partial charge in [-0.25, -0.2) is 14.8 Å². The average molecular weight is 1150 g/mol. The van der Waals surface area contributed by atoms with E-state index < -0.39 is 25.6 Å². The average Bonchev–Trinajstić information content (AvgIpc) is 4.17. The van der Waals surface area contributed by atoms with Gasteiger partial charge in [-0.15, -0.1) is 0 Å². The number of thiazole rings is 1. The number of esters is 1. The van der Waals surface area contributed by atoms with Crippen molar-refractivity contribution in [2.75, 3.05) is 54.6 Å². The molecule has 1 saturated carbocycles. The number of carbonyl (C=O) groups is 5. The van der Waals surface area contributed by atoms with Crippen LogP contribution in [0.15, 0.2) is 85.1 Å². The highest BCUT2D eigenvalue weighted by Gasteiger charge is 2.47. The summed E-state index contributed by atoms with van der Waals surface area (Å²) in [6.07, 6.45) is 6.81. The summed E-state index contributed by atoms with van der Waals surface area (Å²) < 4.78 is 21.7. The van der Waals surface area contributed by atoms with Crippen LogP contribution in [0.1, 0.15) is 109 Å². The minimum Gasteiger partial charge on any atom is -0.490 e. The van der Waals surface area contributed by atoms with E-state index in [0.29, 0.717) is 66.1 Å². The first-order valence-corrected chi connectivity index (χ1v) is 33.0. The van der Waals surface area contributed by atoms with Gasteiger partial charge < -0.3 is 24.4 Å². The maximum atomic E-state index is 14.8. The topological polar surface area (TPSA) is 203 Å². The number of aryl methyl sites for hydroxylation is 1. The Morgan fingerprint density at radius 2 is 1.71 bits per heavy atom. The Labute approximate surface area is 482 Å². The van der Waals surface area contributed by atoms with Gasteiger partial charge in [0.05, 0.1) is 40.0 Å². The number of pyridine rings is 2. The monoisotopic (exact) mass is 1140 g/mol. The molecule has 1 aliphatic carbocycles. The first-order valence-electron chi connectivity index (χ1n) is 28.5. The Morgan fingerprint density at radius 1 is 0.915 bits per heavy atom. The normalized spacial score (nSPS) is 17.6. The van der Waals surface area contributed by atoms with Crippen LogP contribution in [0, 0.1) is 12.3 Å². The van der Waals surface area contributed by atoms with Crippen molar-refractivity contribution in [1.29, 1.82) is 0 Å². The molecule has 7 heterocycles. The number of anilines is 3. The fourth-order valence-electron chi connectivity index (χ4n) is 11.8. The van der Waals surface area contributed by atoms with E-state index in [9.17, 15) is 24.0 Å². The van der Waals surface area contributed by atoms with Crippen molar-refractivity contribution >= 4 is 86.8 Å². The van der Waals surface area contributed by atoms with E-state index in [1.165, 1.54) is 11.3 Å². The van der Waals surface area contributed by atoms with Gasteiger partial charge in [0, 0.05) is 69.6 Å². The van der Waals surface area contributed by atoms with E-state index in [1.54, 1.807) is 15.8 Å². The van der Waals surface area contributed by atoms with E-state index in [4.69, 9.17) is 29.2 Å². The Balaban J connectivity index is 0.746. The van der Waals surface area contributed by atoms with Crippen molar-refractivity contribution in [2.24, 2.45) is 12.5 Å². The zero-order valence-electron chi connectivity index (χ0n) is 48.1. The number of amides is 4. The van der Waals surface area contributed by atoms with Gasteiger partial charge in [0.2, 0.25) is 17.7 Å². The number of nitrogens with zero attached hydrogens (tertiary/aromatic N) is 8. The van der Waals surface area contributed by atoms with Crippen molar-refractivity contribution in [3.63, 3.8) is 0 Å². The van der Waals surface area contributed by atoms with Crippen LogP contribution in [-0.2, 0) is 43.9 Å². The third-order valence-corrected chi connectivity index (χ3v) is 19.1. The third-order valence-electron chi connectivity index (χ3n) is 16.3. The summed E-state index contributed by atoms with van der Waals surface area (Å²) in [6.45, 7) is 17.9. The number of piperidine rings is 2. The predicted octanol–water partition coefficient (Wildman–Crippen LogP) is 10.2. The van der Waals surface area contributed by atoms with Crippen LogP contribution < -0.4 is 25.2 Å². The molecule has 1 atom stereocenters. The second kappa shape index (κ2) is 22.7. The molecule has 428 valence electrons. The smallest absolute Gasteiger partial charge is 0.358 e. The summed E-state index contributed by atoms with van der Waals surface area (Å²) in [4.78, 5) is 87.5. The first kappa shape index (κ1) is 56.5. The summed E-state index contributed by atoms with van der Waals surface area (Å²) >= 11 is 1.45.